The number of amides is 1. The summed E-state index contributed by atoms with van der Waals surface area (Å²) in [5, 5.41) is 19.0. The molecule has 0 bridgehead atoms. The molecule has 2 aromatic heterocycles. The first-order valence-electron chi connectivity index (χ1n) is 14.8. The lowest BCUT2D eigenvalue weighted by Gasteiger charge is -2.43. The molecule has 3 saturated heterocycles. The van der Waals surface area contributed by atoms with Crippen molar-refractivity contribution < 1.29 is 14.3 Å². The summed E-state index contributed by atoms with van der Waals surface area (Å²) >= 11 is 0. The summed E-state index contributed by atoms with van der Waals surface area (Å²) in [5.41, 5.74) is 2.45. The Morgan fingerprint density at radius 2 is 1.89 bits per heavy atom. The van der Waals surface area contributed by atoms with Gasteiger partial charge in [-0.1, -0.05) is 0 Å². The average molecular weight is 610 g/mol. The van der Waals surface area contributed by atoms with E-state index in [-0.39, 0.29) is 17.8 Å². The Morgan fingerprint density at radius 3 is 2.60 bits per heavy atom. The van der Waals surface area contributed by atoms with Crippen LogP contribution < -0.4 is 20.6 Å². The van der Waals surface area contributed by atoms with Gasteiger partial charge >= 0.3 is 5.69 Å². The van der Waals surface area contributed by atoms with Crippen molar-refractivity contribution in [3.05, 3.63) is 70.7 Å². The third kappa shape index (κ3) is 6.19. The highest BCUT2D eigenvalue weighted by Gasteiger charge is 2.31. The minimum absolute atomic E-state index is 0.0459. The van der Waals surface area contributed by atoms with Crippen molar-refractivity contribution in [1.29, 1.82) is 5.26 Å². The zero-order chi connectivity index (χ0) is 30.8. The number of benzene rings is 2. The van der Waals surface area contributed by atoms with E-state index in [1.807, 2.05) is 12.1 Å². The van der Waals surface area contributed by atoms with Crippen molar-refractivity contribution in [3.8, 4) is 23.2 Å². The number of aromatic nitrogens is 6. The third-order valence-corrected chi connectivity index (χ3v) is 8.30. The summed E-state index contributed by atoms with van der Waals surface area (Å²) in [6, 6.07) is 16.1. The van der Waals surface area contributed by atoms with Gasteiger partial charge in [0.1, 0.15) is 24.3 Å². The molecule has 3 fully saturated rings. The van der Waals surface area contributed by atoms with Crippen molar-refractivity contribution in [2.75, 3.05) is 62.7 Å². The molecule has 0 saturated carbocycles. The van der Waals surface area contributed by atoms with E-state index >= 15 is 0 Å². The smallest absolute Gasteiger partial charge is 0.341 e. The van der Waals surface area contributed by atoms with E-state index in [4.69, 9.17) is 9.47 Å². The predicted molar refractivity (Wildman–Crippen MR) is 162 cm³/mol. The molecule has 3 aliphatic rings. The molecule has 1 unspecified atom stereocenters. The fraction of sp³-hybridized carbons (Fsp3) is 0.367. The van der Waals surface area contributed by atoms with Crippen LogP contribution in [0.3, 0.4) is 0 Å². The van der Waals surface area contributed by atoms with Crippen LogP contribution in [0.15, 0.2) is 53.6 Å². The fourth-order valence-corrected chi connectivity index (χ4v) is 5.73. The van der Waals surface area contributed by atoms with Crippen LogP contribution in [0.2, 0.25) is 0 Å². The molecule has 15 nitrogen and oxygen atoms in total. The van der Waals surface area contributed by atoms with E-state index < -0.39 is 5.69 Å². The largest absolute Gasteiger partial charge is 0.487 e. The van der Waals surface area contributed by atoms with Gasteiger partial charge in [0.05, 0.1) is 31.4 Å². The Hall–Kier alpha value is -5.33. The Morgan fingerprint density at radius 1 is 1.07 bits per heavy atom. The van der Waals surface area contributed by atoms with Gasteiger partial charge in [0, 0.05) is 56.1 Å². The molecule has 3 aliphatic heterocycles. The van der Waals surface area contributed by atoms with Crippen LogP contribution in [0.25, 0.3) is 11.4 Å². The molecule has 3 N–H and O–H groups in total. The maximum Gasteiger partial charge on any atom is 0.341 e. The number of likely N-dealkylation sites (tertiary alicyclic amines) is 1. The quantitative estimate of drug-likeness (QED) is 0.261. The number of ether oxygens (including phenoxy) is 2. The van der Waals surface area contributed by atoms with Gasteiger partial charge < -0.3 is 24.6 Å². The first kappa shape index (κ1) is 28.4. The second-order valence-corrected chi connectivity index (χ2v) is 11.1. The SMILES string of the molecule is N#Cc1cc(-c2ncnc(Nc3ccc(N4CCN(C5COC5)CC4)cc3)n2)ccc1OC1CCN(C(=O)c2n[nH]c(=O)[nH]2)C1. The number of hydrogen-bond acceptors (Lipinski definition) is 12. The minimum Gasteiger partial charge on any atom is -0.487 e. The highest BCUT2D eigenvalue weighted by atomic mass is 16.5. The molecule has 0 radical (unpaired) electrons. The highest BCUT2D eigenvalue weighted by Crippen LogP contribution is 2.28. The highest BCUT2D eigenvalue weighted by molar-refractivity contribution is 5.90. The third-order valence-electron chi connectivity index (χ3n) is 8.30. The summed E-state index contributed by atoms with van der Waals surface area (Å²) in [7, 11) is 0. The Balaban J connectivity index is 0.971. The number of anilines is 3. The number of rotatable bonds is 8. The zero-order valence-electron chi connectivity index (χ0n) is 24.3. The van der Waals surface area contributed by atoms with Crippen LogP contribution >= 0.6 is 0 Å². The fourth-order valence-electron chi connectivity index (χ4n) is 5.73. The predicted octanol–water partition coefficient (Wildman–Crippen LogP) is 1.38. The first-order valence-corrected chi connectivity index (χ1v) is 14.8. The van der Waals surface area contributed by atoms with E-state index in [0.29, 0.717) is 54.2 Å². The lowest BCUT2D eigenvalue weighted by atomic mass is 10.1. The molecule has 1 atom stereocenters. The van der Waals surface area contributed by atoms with Crippen LogP contribution in [-0.4, -0.2) is 110 Å². The molecule has 7 rings (SSSR count). The molecule has 45 heavy (non-hydrogen) atoms. The molecular formula is C30H31N11O4. The lowest BCUT2D eigenvalue weighted by Crippen LogP contribution is -2.56. The monoisotopic (exact) mass is 609 g/mol. The van der Waals surface area contributed by atoms with Gasteiger partial charge in [0.25, 0.3) is 5.91 Å². The second kappa shape index (κ2) is 12.3. The number of nitrogens with one attached hydrogen (secondary N) is 3. The average Bonchev–Trinajstić information content (AvgIpc) is 3.70. The Labute approximate surface area is 257 Å². The second-order valence-electron chi connectivity index (χ2n) is 11.1. The molecular weight excluding hydrogens is 578 g/mol. The molecule has 1 amide bonds. The van der Waals surface area contributed by atoms with Crippen LogP contribution in [-0.2, 0) is 4.74 Å². The standard InChI is InChI=1S/C30H31N11O4/c31-14-20-13-19(1-6-25(20)45-24-7-8-41(15-24)28(42)27-36-30(43)38-37-27)26-32-18-33-29(35-26)34-21-2-4-22(5-3-21)39-9-11-40(12-10-39)23-16-44-17-23/h1-6,13,18,23-24H,7-12,15-17H2,(H,32,33,34,35)(H2,36,37,38,43). The lowest BCUT2D eigenvalue weighted by molar-refractivity contribution is -0.0660. The molecule has 230 valence electrons. The van der Waals surface area contributed by atoms with Gasteiger partial charge in [-0.15, -0.1) is 5.10 Å². The van der Waals surface area contributed by atoms with Crippen molar-refractivity contribution in [3.63, 3.8) is 0 Å². The normalized spacial score (nSPS) is 18.8. The summed E-state index contributed by atoms with van der Waals surface area (Å²) in [5.74, 6) is 0.763. The van der Waals surface area contributed by atoms with E-state index in [1.54, 1.807) is 23.1 Å². The van der Waals surface area contributed by atoms with Crippen molar-refractivity contribution in [2.45, 2.75) is 18.6 Å². The maximum atomic E-state index is 12.6. The van der Waals surface area contributed by atoms with Crippen LogP contribution in [0, 0.1) is 11.3 Å². The van der Waals surface area contributed by atoms with Crippen LogP contribution in [0.5, 0.6) is 5.75 Å². The molecule has 0 aliphatic carbocycles. The van der Waals surface area contributed by atoms with E-state index in [9.17, 15) is 14.9 Å². The summed E-state index contributed by atoms with van der Waals surface area (Å²) in [6.07, 6.45) is 1.69. The Bertz CT molecular complexity index is 1770. The number of aromatic amines is 2. The van der Waals surface area contributed by atoms with Gasteiger partial charge in [-0.3, -0.25) is 14.7 Å². The molecule has 15 heteroatoms. The maximum absolute atomic E-state index is 12.6. The molecule has 2 aromatic carbocycles. The van der Waals surface area contributed by atoms with Gasteiger partial charge in [-0.25, -0.2) is 19.9 Å². The molecule has 4 aromatic rings. The molecule has 0 spiro atoms. The number of nitrogens with zero attached hydrogens (tertiary/aromatic N) is 8. The summed E-state index contributed by atoms with van der Waals surface area (Å²) < 4.78 is 11.4. The first-order chi connectivity index (χ1) is 22.0. The van der Waals surface area contributed by atoms with Crippen molar-refractivity contribution in [2.24, 2.45) is 0 Å². The zero-order valence-corrected chi connectivity index (χ0v) is 24.3. The number of carbonyl (C=O) groups is 1. The van der Waals surface area contributed by atoms with Gasteiger partial charge in [-0.05, 0) is 42.5 Å². The van der Waals surface area contributed by atoms with E-state index in [0.717, 1.165) is 45.1 Å². The van der Waals surface area contributed by atoms with E-state index in [2.05, 4.69) is 63.5 Å². The number of H-pyrrole nitrogens is 2. The molecule has 5 heterocycles. The van der Waals surface area contributed by atoms with Crippen molar-refractivity contribution in [1.82, 2.24) is 39.9 Å². The number of hydrogen-bond donors (Lipinski definition) is 3. The Kier molecular flexibility index (Phi) is 7.80. The van der Waals surface area contributed by atoms with Crippen LogP contribution in [0.4, 0.5) is 17.3 Å². The number of piperazine rings is 1. The van der Waals surface area contributed by atoms with Crippen LogP contribution in [0.1, 0.15) is 22.6 Å². The number of carbonyl (C=O) groups excluding carboxylic acids is 1. The van der Waals surface area contributed by atoms with E-state index in [1.165, 1.54) is 12.0 Å². The summed E-state index contributed by atoms with van der Waals surface area (Å²) in [4.78, 5) is 45.9. The van der Waals surface area contributed by atoms with Gasteiger partial charge in [-0.2, -0.15) is 10.2 Å². The van der Waals surface area contributed by atoms with Gasteiger partial charge in [0.15, 0.2) is 5.82 Å². The summed E-state index contributed by atoms with van der Waals surface area (Å²) in [6.45, 7) is 6.50. The number of nitriles is 1. The van der Waals surface area contributed by atoms with Crippen molar-refractivity contribution >= 4 is 23.2 Å². The topological polar surface area (TPSA) is 181 Å². The van der Waals surface area contributed by atoms with Gasteiger partial charge in [0.2, 0.25) is 11.8 Å². The minimum atomic E-state index is -0.542.